The summed E-state index contributed by atoms with van der Waals surface area (Å²) in [5, 5.41) is 2.66. The minimum absolute atomic E-state index is 0.0465. The number of aryl methyl sites for hydroxylation is 1. The van der Waals surface area contributed by atoms with Crippen molar-refractivity contribution < 1.29 is 9.18 Å². The van der Waals surface area contributed by atoms with Crippen LogP contribution in [-0.4, -0.2) is 10.8 Å². The molecule has 2 N–H and O–H groups in total. The Balaban J connectivity index is 0.000000777. The Labute approximate surface area is 167 Å². The van der Waals surface area contributed by atoms with Crippen molar-refractivity contribution in [3.8, 4) is 0 Å². The van der Waals surface area contributed by atoms with Gasteiger partial charge >= 0.3 is 0 Å². The van der Waals surface area contributed by atoms with Crippen LogP contribution < -0.4 is 10.9 Å². The van der Waals surface area contributed by atoms with Gasteiger partial charge in [0, 0.05) is 6.07 Å². The molecule has 0 spiro atoms. The highest BCUT2D eigenvalue weighted by atomic mass is 19.1. The summed E-state index contributed by atoms with van der Waals surface area (Å²) in [6.45, 7) is 13.9. The van der Waals surface area contributed by atoms with Crippen molar-refractivity contribution in [3.05, 3.63) is 76.0 Å². The lowest BCUT2D eigenvalue weighted by molar-refractivity contribution is 0.103. The van der Waals surface area contributed by atoms with Gasteiger partial charge < -0.3 is 10.3 Å². The van der Waals surface area contributed by atoms with Crippen molar-refractivity contribution in [2.45, 2.75) is 60.3 Å². The Morgan fingerprint density at radius 1 is 1.11 bits per heavy atom. The molecule has 5 heteroatoms. The molecule has 0 unspecified atom stereocenters. The predicted octanol–water partition coefficient (Wildman–Crippen LogP) is 6.22. The highest BCUT2D eigenvalue weighted by molar-refractivity contribution is 6.12. The molecule has 0 saturated carbocycles. The molecule has 0 fully saturated rings. The van der Waals surface area contributed by atoms with Crippen molar-refractivity contribution in [1.82, 2.24) is 4.98 Å². The molecule has 0 aliphatic heterocycles. The second-order valence-corrected chi connectivity index (χ2v) is 6.33. The standard InChI is InChI=1S/C15H13FN2O2.C5H12.C3H8/c1-3-17-15-11(6-7-13(19)18-15)14(20)10-5-4-9(2)8-12(10)16;1-3-5-4-2;1-3-2/h3-8H,1H2,2H3,(H2,17,18,19);3-5H2,1-2H3;3H2,1-2H3. The highest BCUT2D eigenvalue weighted by Crippen LogP contribution is 2.18. The van der Waals surface area contributed by atoms with Gasteiger partial charge in [0.1, 0.15) is 11.6 Å². The van der Waals surface area contributed by atoms with Gasteiger partial charge in [-0.25, -0.2) is 4.39 Å². The van der Waals surface area contributed by atoms with Crippen molar-refractivity contribution in [3.63, 3.8) is 0 Å². The van der Waals surface area contributed by atoms with Crippen LogP contribution >= 0.6 is 0 Å². The first-order valence-electron chi connectivity index (χ1n) is 9.77. The number of rotatable bonds is 6. The molecule has 1 heterocycles. The molecule has 2 rings (SSSR count). The third kappa shape index (κ3) is 8.80. The van der Waals surface area contributed by atoms with Gasteiger partial charge in [-0.1, -0.05) is 66.0 Å². The molecule has 154 valence electrons. The van der Waals surface area contributed by atoms with Gasteiger partial charge in [-0.2, -0.15) is 0 Å². The van der Waals surface area contributed by atoms with E-state index in [-0.39, 0.29) is 22.5 Å². The lowest BCUT2D eigenvalue weighted by Gasteiger charge is -2.08. The fourth-order valence-electron chi connectivity index (χ4n) is 2.18. The molecule has 1 aromatic carbocycles. The van der Waals surface area contributed by atoms with Crippen molar-refractivity contribution >= 4 is 11.6 Å². The molecule has 2 aromatic rings. The first kappa shape index (κ1) is 25.3. The zero-order valence-electron chi connectivity index (χ0n) is 17.7. The molecular formula is C23H33FN2O2. The summed E-state index contributed by atoms with van der Waals surface area (Å²) in [7, 11) is 0. The molecule has 0 bridgehead atoms. The summed E-state index contributed by atoms with van der Waals surface area (Å²) in [5.41, 5.74) is 0.488. The molecular weight excluding hydrogens is 355 g/mol. The number of halogens is 1. The van der Waals surface area contributed by atoms with Crippen LogP contribution in [-0.2, 0) is 0 Å². The zero-order valence-corrected chi connectivity index (χ0v) is 17.7. The number of aromatic amines is 1. The largest absolute Gasteiger partial charge is 0.348 e. The Morgan fingerprint density at radius 3 is 2.14 bits per heavy atom. The lowest BCUT2D eigenvalue weighted by atomic mass is 10.0. The van der Waals surface area contributed by atoms with Gasteiger partial charge in [0.2, 0.25) is 5.56 Å². The molecule has 0 amide bonds. The molecule has 0 saturated heterocycles. The SMILES string of the molecule is C=CNc1[nH]c(=O)ccc1C(=O)c1ccc(C)cc1F.CCC.CCCCC. The maximum Gasteiger partial charge on any atom is 0.249 e. The maximum atomic E-state index is 13.9. The smallest absolute Gasteiger partial charge is 0.249 e. The number of unbranched alkanes of at least 4 members (excludes halogenated alkanes) is 2. The summed E-state index contributed by atoms with van der Waals surface area (Å²) in [5.74, 6) is -0.911. The predicted molar refractivity (Wildman–Crippen MR) is 117 cm³/mol. The summed E-state index contributed by atoms with van der Waals surface area (Å²) in [4.78, 5) is 26.1. The second kappa shape index (κ2) is 14.4. The average Bonchev–Trinajstić information content (AvgIpc) is 2.63. The zero-order chi connectivity index (χ0) is 21.5. The fraction of sp³-hybridized carbons (Fsp3) is 0.391. The number of hydrogen-bond donors (Lipinski definition) is 2. The van der Waals surface area contributed by atoms with E-state index in [9.17, 15) is 14.0 Å². The minimum Gasteiger partial charge on any atom is -0.348 e. The number of benzene rings is 1. The van der Waals surface area contributed by atoms with E-state index in [2.05, 4.69) is 44.6 Å². The number of carbonyl (C=O) groups excluding carboxylic acids is 1. The monoisotopic (exact) mass is 388 g/mol. The Hall–Kier alpha value is -2.69. The quantitative estimate of drug-likeness (QED) is 0.577. The van der Waals surface area contributed by atoms with E-state index >= 15 is 0 Å². The van der Waals surface area contributed by atoms with E-state index in [4.69, 9.17) is 0 Å². The Kier molecular flexibility index (Phi) is 13.0. The maximum absolute atomic E-state index is 13.9. The number of nitrogens with one attached hydrogen (secondary N) is 2. The number of ketones is 1. The molecule has 0 radical (unpaired) electrons. The molecule has 28 heavy (non-hydrogen) atoms. The fourth-order valence-corrected chi connectivity index (χ4v) is 2.18. The third-order valence-corrected chi connectivity index (χ3v) is 3.49. The summed E-state index contributed by atoms with van der Waals surface area (Å²) in [6, 6.07) is 6.94. The number of pyridine rings is 1. The van der Waals surface area contributed by atoms with E-state index in [0.29, 0.717) is 0 Å². The second-order valence-electron chi connectivity index (χ2n) is 6.33. The number of anilines is 1. The van der Waals surface area contributed by atoms with Crippen LogP contribution in [0.4, 0.5) is 10.2 Å². The third-order valence-electron chi connectivity index (χ3n) is 3.49. The number of hydrogen-bond acceptors (Lipinski definition) is 3. The summed E-state index contributed by atoms with van der Waals surface area (Å²) < 4.78 is 13.9. The first-order chi connectivity index (χ1) is 13.4. The molecule has 4 nitrogen and oxygen atoms in total. The van der Waals surface area contributed by atoms with E-state index < -0.39 is 11.6 Å². The van der Waals surface area contributed by atoms with Crippen molar-refractivity contribution in [2.24, 2.45) is 0 Å². The van der Waals surface area contributed by atoms with E-state index in [1.807, 2.05) is 0 Å². The number of aromatic nitrogens is 1. The van der Waals surface area contributed by atoms with E-state index in [1.54, 1.807) is 13.0 Å². The Morgan fingerprint density at radius 2 is 1.68 bits per heavy atom. The summed E-state index contributed by atoms with van der Waals surface area (Å²) in [6.07, 6.45) is 6.65. The molecule has 1 aromatic heterocycles. The normalized spacial score (nSPS) is 9.36. The van der Waals surface area contributed by atoms with Gasteiger partial charge in [-0.3, -0.25) is 9.59 Å². The van der Waals surface area contributed by atoms with Crippen molar-refractivity contribution in [1.29, 1.82) is 0 Å². The lowest BCUT2D eigenvalue weighted by Crippen LogP contribution is -2.14. The van der Waals surface area contributed by atoms with Crippen LogP contribution in [0.3, 0.4) is 0 Å². The van der Waals surface area contributed by atoms with Crippen LogP contribution in [0.5, 0.6) is 0 Å². The van der Waals surface area contributed by atoms with Crippen molar-refractivity contribution in [2.75, 3.05) is 5.32 Å². The minimum atomic E-state index is -0.592. The van der Waals surface area contributed by atoms with E-state index in [0.717, 1.165) is 5.56 Å². The summed E-state index contributed by atoms with van der Waals surface area (Å²) >= 11 is 0. The average molecular weight is 389 g/mol. The van der Waals surface area contributed by atoms with E-state index in [1.165, 1.54) is 56.1 Å². The van der Waals surface area contributed by atoms with Crippen LogP contribution in [0, 0.1) is 12.7 Å². The van der Waals surface area contributed by atoms with Crippen LogP contribution in [0.1, 0.15) is 74.9 Å². The molecule has 0 aliphatic carbocycles. The van der Waals surface area contributed by atoms with Gasteiger partial charge in [-0.05, 0) is 36.9 Å². The van der Waals surface area contributed by atoms with Crippen LogP contribution in [0.2, 0.25) is 0 Å². The highest BCUT2D eigenvalue weighted by Gasteiger charge is 2.17. The van der Waals surface area contributed by atoms with Crippen LogP contribution in [0.15, 0.2) is 47.9 Å². The number of H-pyrrole nitrogens is 1. The van der Waals surface area contributed by atoms with Gasteiger partial charge in [-0.15, -0.1) is 0 Å². The first-order valence-corrected chi connectivity index (χ1v) is 9.77. The van der Waals surface area contributed by atoms with Gasteiger partial charge in [0.15, 0.2) is 5.78 Å². The topological polar surface area (TPSA) is 62.0 Å². The molecule has 0 atom stereocenters. The van der Waals surface area contributed by atoms with Gasteiger partial charge in [0.25, 0.3) is 0 Å². The number of carbonyl (C=O) groups is 1. The van der Waals surface area contributed by atoms with Gasteiger partial charge in [0.05, 0.1) is 11.1 Å². The molecule has 0 aliphatic rings. The van der Waals surface area contributed by atoms with Crippen LogP contribution in [0.25, 0.3) is 0 Å². The Bertz CT molecular complexity index is 795.